The number of nitrogens with one attached hydrogen (secondary N) is 1. The minimum Gasteiger partial charge on any atom is -0.392 e. The fourth-order valence-corrected chi connectivity index (χ4v) is 5.45. The van der Waals surface area contributed by atoms with E-state index in [1.54, 1.807) is 7.11 Å². The molecular weight excluding hydrogens is 368 g/mol. The van der Waals surface area contributed by atoms with Crippen LogP contribution in [0.25, 0.3) is 0 Å². The molecule has 1 saturated carbocycles. The van der Waals surface area contributed by atoms with Gasteiger partial charge in [0.15, 0.2) is 12.1 Å². The second kappa shape index (κ2) is 7.08. The molecule has 0 aromatic heterocycles. The second-order valence-electron chi connectivity index (χ2n) is 7.33. The van der Waals surface area contributed by atoms with Crippen molar-refractivity contribution in [2.45, 2.75) is 62.5 Å². The molecule has 1 spiro atoms. The molecule has 0 bridgehead atoms. The van der Waals surface area contributed by atoms with Gasteiger partial charge in [0, 0.05) is 25.9 Å². The average molecular weight is 390 g/mol. The van der Waals surface area contributed by atoms with E-state index in [-0.39, 0.29) is 15.6 Å². The Labute approximate surface area is 162 Å². The number of rotatable bonds is 2. The summed E-state index contributed by atoms with van der Waals surface area (Å²) in [6.07, 6.45) is 2.72. The molecule has 0 aromatic rings. The summed E-state index contributed by atoms with van der Waals surface area (Å²) in [5.41, 5.74) is 6.25. The van der Waals surface area contributed by atoms with Crippen molar-refractivity contribution in [2.24, 2.45) is 17.6 Å². The minimum absolute atomic E-state index is 0.111. The van der Waals surface area contributed by atoms with Crippen molar-refractivity contribution in [2.75, 3.05) is 7.11 Å². The summed E-state index contributed by atoms with van der Waals surface area (Å²) in [6.45, 7) is 0. The first kappa shape index (κ1) is 18.7. The molecule has 0 unspecified atom stereocenters. The van der Waals surface area contributed by atoms with Gasteiger partial charge < -0.3 is 24.7 Å². The lowest BCUT2D eigenvalue weighted by molar-refractivity contribution is -0.250. The Bertz CT molecular complexity index is 751. The lowest BCUT2D eigenvalue weighted by Crippen LogP contribution is -2.46. The molecule has 2 saturated heterocycles. The first-order valence-electron chi connectivity index (χ1n) is 9.13. The first-order valence-corrected chi connectivity index (χ1v) is 9.95. The highest BCUT2D eigenvalue weighted by Gasteiger charge is 2.61. The topological polar surface area (TPSA) is 134 Å². The Morgan fingerprint density at radius 3 is 2.59 bits per heavy atom. The Morgan fingerprint density at radius 1 is 1.22 bits per heavy atom. The molecule has 0 aromatic carbocycles. The largest absolute Gasteiger partial charge is 0.392 e. The lowest BCUT2D eigenvalue weighted by atomic mass is 9.80. The molecule has 1 aliphatic carbocycles. The summed E-state index contributed by atoms with van der Waals surface area (Å²) in [5, 5.41) is 27.7. The standard InChI is InChI=1S/C18H22N4O4S/c1-23-13-12(11-9(7-19)15(21)27-16(22)10(11)8-20)24-17-14(13)25-18(26-17)5-3-2-4-6-18/h9,11-14,17,21H,2-6,22H2,1H3/t9-,11+,12-,13+,14+,17-/m0/s1. The normalized spacial score (nSPS) is 40.6. The zero-order chi connectivity index (χ0) is 19.2. The molecule has 27 heavy (non-hydrogen) atoms. The second-order valence-corrected chi connectivity index (χ2v) is 8.41. The third-order valence-corrected chi connectivity index (χ3v) is 6.76. The van der Waals surface area contributed by atoms with Crippen molar-refractivity contribution in [1.82, 2.24) is 0 Å². The number of nitrogens with zero attached hydrogens (tertiary/aromatic N) is 2. The summed E-state index contributed by atoms with van der Waals surface area (Å²) in [5.74, 6) is -2.12. The van der Waals surface area contributed by atoms with Gasteiger partial charge in [0.2, 0.25) is 0 Å². The van der Waals surface area contributed by atoms with Crippen molar-refractivity contribution in [3.63, 3.8) is 0 Å². The molecule has 8 nitrogen and oxygen atoms in total. The van der Waals surface area contributed by atoms with Gasteiger partial charge in [0.25, 0.3) is 0 Å². The Hall–Kier alpha value is -1.62. The van der Waals surface area contributed by atoms with Crippen LogP contribution in [0.15, 0.2) is 10.6 Å². The van der Waals surface area contributed by atoms with Crippen LogP contribution in [0, 0.1) is 39.9 Å². The van der Waals surface area contributed by atoms with Crippen LogP contribution in [-0.2, 0) is 18.9 Å². The van der Waals surface area contributed by atoms with Crippen LogP contribution in [0.4, 0.5) is 0 Å². The highest BCUT2D eigenvalue weighted by molar-refractivity contribution is 8.17. The van der Waals surface area contributed by atoms with Gasteiger partial charge in [-0.3, -0.25) is 5.41 Å². The van der Waals surface area contributed by atoms with Crippen molar-refractivity contribution in [1.29, 1.82) is 15.9 Å². The van der Waals surface area contributed by atoms with Gasteiger partial charge >= 0.3 is 0 Å². The van der Waals surface area contributed by atoms with Crippen LogP contribution in [0.5, 0.6) is 0 Å². The molecule has 3 heterocycles. The monoisotopic (exact) mass is 390 g/mol. The van der Waals surface area contributed by atoms with E-state index >= 15 is 0 Å². The van der Waals surface area contributed by atoms with Crippen molar-refractivity contribution < 1.29 is 18.9 Å². The SMILES string of the molecule is CO[C@@H]1[C@H]([C@H]2C(C#N)=C(N)SC(=N)[C@H]2C#N)O[C@H]2OC3(CCCCC3)O[C@@H]21. The number of nitrogens with two attached hydrogens (primary N) is 1. The van der Waals surface area contributed by atoms with Gasteiger partial charge in [0.1, 0.15) is 18.1 Å². The Balaban J connectivity index is 1.63. The van der Waals surface area contributed by atoms with E-state index < -0.39 is 42.2 Å². The summed E-state index contributed by atoms with van der Waals surface area (Å²) in [6, 6.07) is 4.23. The molecule has 4 aliphatic rings. The van der Waals surface area contributed by atoms with E-state index in [9.17, 15) is 10.5 Å². The smallest absolute Gasteiger partial charge is 0.190 e. The maximum absolute atomic E-state index is 9.62. The van der Waals surface area contributed by atoms with Crippen molar-refractivity contribution >= 4 is 16.8 Å². The van der Waals surface area contributed by atoms with Gasteiger partial charge in [-0.25, -0.2) is 0 Å². The van der Waals surface area contributed by atoms with E-state index in [2.05, 4.69) is 12.1 Å². The van der Waals surface area contributed by atoms with Crippen LogP contribution < -0.4 is 5.73 Å². The van der Waals surface area contributed by atoms with E-state index in [4.69, 9.17) is 30.1 Å². The zero-order valence-corrected chi connectivity index (χ0v) is 15.8. The number of methoxy groups -OCH3 is 1. The Kier molecular flexibility index (Phi) is 4.91. The number of fused-ring (bicyclic) bond motifs is 1. The minimum atomic E-state index is -0.818. The number of hydrogen-bond donors (Lipinski definition) is 2. The van der Waals surface area contributed by atoms with Gasteiger partial charge in [-0.05, 0) is 12.8 Å². The first-order chi connectivity index (χ1) is 13.0. The van der Waals surface area contributed by atoms with Crippen LogP contribution >= 0.6 is 11.8 Å². The van der Waals surface area contributed by atoms with Gasteiger partial charge in [-0.15, -0.1) is 0 Å². The molecule has 0 amide bonds. The molecule has 3 fully saturated rings. The van der Waals surface area contributed by atoms with Crippen molar-refractivity contribution in [3.8, 4) is 12.1 Å². The summed E-state index contributed by atoms with van der Waals surface area (Å²) in [4.78, 5) is 0. The van der Waals surface area contributed by atoms with Crippen LogP contribution in [0.2, 0.25) is 0 Å². The van der Waals surface area contributed by atoms with Crippen LogP contribution in [0.1, 0.15) is 32.1 Å². The predicted octanol–water partition coefficient (Wildman–Crippen LogP) is 1.98. The maximum Gasteiger partial charge on any atom is 0.190 e. The fraction of sp³-hybridized carbons (Fsp3) is 0.722. The molecule has 144 valence electrons. The lowest BCUT2D eigenvalue weighted by Gasteiger charge is -2.37. The van der Waals surface area contributed by atoms with E-state index in [1.165, 1.54) is 6.42 Å². The predicted molar refractivity (Wildman–Crippen MR) is 96.0 cm³/mol. The van der Waals surface area contributed by atoms with Gasteiger partial charge in [-0.2, -0.15) is 10.5 Å². The molecule has 9 heteroatoms. The van der Waals surface area contributed by atoms with E-state index in [0.717, 1.165) is 37.4 Å². The Morgan fingerprint density at radius 2 is 1.96 bits per heavy atom. The molecule has 0 radical (unpaired) electrons. The molecule has 3 N–H and O–H groups in total. The number of hydrogen-bond acceptors (Lipinski definition) is 9. The highest BCUT2D eigenvalue weighted by atomic mass is 32.2. The maximum atomic E-state index is 9.62. The van der Waals surface area contributed by atoms with Gasteiger partial charge in [0.05, 0.1) is 33.9 Å². The number of ether oxygens (including phenoxy) is 4. The van der Waals surface area contributed by atoms with Crippen LogP contribution in [-0.4, -0.2) is 42.5 Å². The van der Waals surface area contributed by atoms with E-state index in [1.807, 2.05) is 0 Å². The summed E-state index contributed by atoms with van der Waals surface area (Å²) in [7, 11) is 1.56. The molecule has 4 rings (SSSR count). The summed E-state index contributed by atoms with van der Waals surface area (Å²) < 4.78 is 24.3. The fourth-order valence-electron chi connectivity index (χ4n) is 4.59. The highest BCUT2D eigenvalue weighted by Crippen LogP contribution is 2.49. The third-order valence-electron chi connectivity index (χ3n) is 5.85. The van der Waals surface area contributed by atoms with Crippen LogP contribution in [0.3, 0.4) is 0 Å². The quantitative estimate of drug-likeness (QED) is 0.731. The molecule has 3 aliphatic heterocycles. The van der Waals surface area contributed by atoms with Crippen molar-refractivity contribution in [3.05, 3.63) is 10.6 Å². The third kappa shape index (κ3) is 2.95. The average Bonchev–Trinajstić information content (AvgIpc) is 3.15. The number of nitriles is 2. The number of thioether (sulfide) groups is 1. The van der Waals surface area contributed by atoms with E-state index in [0.29, 0.717) is 0 Å². The molecular formula is C18H22N4O4S. The van der Waals surface area contributed by atoms with Gasteiger partial charge in [-0.1, -0.05) is 18.2 Å². The molecule has 6 atom stereocenters. The zero-order valence-electron chi connectivity index (χ0n) is 15.0. The summed E-state index contributed by atoms with van der Waals surface area (Å²) >= 11 is 0.954.